The number of fused-ring (bicyclic) bond motifs is 1. The molecule has 4 amide bonds. The molecule has 0 unspecified atom stereocenters. The molecule has 9 heteroatoms. The predicted molar refractivity (Wildman–Crippen MR) is 123 cm³/mol. The summed E-state index contributed by atoms with van der Waals surface area (Å²) in [5.74, 6) is -3.40. The van der Waals surface area contributed by atoms with Gasteiger partial charge in [-0.05, 0) is 35.9 Å². The standard InChI is InChI=1S/C25H17ClN2O6/c26-19-8-4-5-9-20(19)28-23(31)17-11-10-16(13-18(17)24(28)32)25(33)34-14-22(30)27-21(29)12-15-6-2-1-3-7-15/h1-11,13H,12,14H2,(H,27,29,30). The van der Waals surface area contributed by atoms with Crippen LogP contribution in [0.3, 0.4) is 0 Å². The Hall–Kier alpha value is -4.30. The summed E-state index contributed by atoms with van der Waals surface area (Å²) in [6.45, 7) is -0.685. The second-order valence-electron chi connectivity index (χ2n) is 7.37. The van der Waals surface area contributed by atoms with Crippen molar-refractivity contribution in [2.45, 2.75) is 6.42 Å². The highest BCUT2D eigenvalue weighted by Crippen LogP contribution is 2.33. The van der Waals surface area contributed by atoms with E-state index < -0.39 is 36.2 Å². The van der Waals surface area contributed by atoms with Gasteiger partial charge in [0, 0.05) is 0 Å². The maximum absolute atomic E-state index is 12.9. The van der Waals surface area contributed by atoms with E-state index in [4.69, 9.17) is 16.3 Å². The van der Waals surface area contributed by atoms with Crippen LogP contribution in [0.2, 0.25) is 5.02 Å². The fourth-order valence-electron chi connectivity index (χ4n) is 3.45. The molecular formula is C25H17ClN2O6. The van der Waals surface area contributed by atoms with E-state index in [9.17, 15) is 24.0 Å². The number of carbonyl (C=O) groups is 5. The molecule has 0 spiro atoms. The van der Waals surface area contributed by atoms with Crippen molar-refractivity contribution in [2.24, 2.45) is 0 Å². The third-order valence-electron chi connectivity index (χ3n) is 5.04. The van der Waals surface area contributed by atoms with Crippen LogP contribution < -0.4 is 10.2 Å². The van der Waals surface area contributed by atoms with Crippen LogP contribution in [-0.2, 0) is 20.7 Å². The molecule has 0 bridgehead atoms. The van der Waals surface area contributed by atoms with Gasteiger partial charge in [0.25, 0.3) is 17.7 Å². The highest BCUT2D eigenvalue weighted by Gasteiger charge is 2.38. The van der Waals surface area contributed by atoms with Crippen LogP contribution in [0, 0.1) is 0 Å². The normalized spacial score (nSPS) is 12.3. The first kappa shape index (κ1) is 22.9. The number of ether oxygens (including phenoxy) is 1. The Morgan fingerprint density at radius 1 is 0.824 bits per heavy atom. The maximum atomic E-state index is 12.9. The minimum atomic E-state index is -0.884. The number of para-hydroxylation sites is 1. The molecule has 1 heterocycles. The first-order valence-corrected chi connectivity index (χ1v) is 10.5. The number of hydrogen-bond acceptors (Lipinski definition) is 6. The lowest BCUT2D eigenvalue weighted by molar-refractivity contribution is -0.132. The molecule has 3 aromatic carbocycles. The highest BCUT2D eigenvalue weighted by atomic mass is 35.5. The van der Waals surface area contributed by atoms with Crippen molar-refractivity contribution in [3.63, 3.8) is 0 Å². The molecule has 0 atom stereocenters. The molecule has 0 fully saturated rings. The number of rotatable bonds is 6. The summed E-state index contributed by atoms with van der Waals surface area (Å²) in [6.07, 6.45) is 0.00339. The zero-order valence-corrected chi connectivity index (χ0v) is 18.4. The first-order valence-electron chi connectivity index (χ1n) is 10.2. The van der Waals surface area contributed by atoms with Crippen LogP contribution in [0.15, 0.2) is 72.8 Å². The number of imide groups is 2. The summed E-state index contributed by atoms with van der Waals surface area (Å²) in [4.78, 5) is 62.9. The van der Waals surface area contributed by atoms with Crippen molar-refractivity contribution < 1.29 is 28.7 Å². The van der Waals surface area contributed by atoms with E-state index >= 15 is 0 Å². The summed E-state index contributed by atoms with van der Waals surface area (Å²) in [5.41, 5.74) is 1.07. The molecule has 0 saturated carbocycles. The van der Waals surface area contributed by atoms with Crippen molar-refractivity contribution in [3.05, 3.63) is 100 Å². The predicted octanol–water partition coefficient (Wildman–Crippen LogP) is 3.18. The Bertz CT molecular complexity index is 1320. The third-order valence-corrected chi connectivity index (χ3v) is 5.36. The van der Waals surface area contributed by atoms with Crippen molar-refractivity contribution in [1.29, 1.82) is 0 Å². The molecule has 0 saturated heterocycles. The van der Waals surface area contributed by atoms with Gasteiger partial charge in [0.1, 0.15) is 0 Å². The Morgan fingerprint density at radius 3 is 2.24 bits per heavy atom. The summed E-state index contributed by atoms with van der Waals surface area (Å²) < 4.78 is 4.96. The van der Waals surface area contributed by atoms with Crippen LogP contribution in [0.1, 0.15) is 36.6 Å². The van der Waals surface area contributed by atoms with Crippen LogP contribution in [0.4, 0.5) is 5.69 Å². The van der Waals surface area contributed by atoms with E-state index in [-0.39, 0.29) is 33.8 Å². The smallest absolute Gasteiger partial charge is 0.338 e. The van der Waals surface area contributed by atoms with E-state index in [2.05, 4.69) is 5.32 Å². The number of nitrogens with zero attached hydrogens (tertiary/aromatic N) is 1. The number of esters is 1. The van der Waals surface area contributed by atoms with Gasteiger partial charge in [-0.1, -0.05) is 54.1 Å². The van der Waals surface area contributed by atoms with E-state index in [0.717, 1.165) is 10.5 Å². The van der Waals surface area contributed by atoms with Crippen LogP contribution >= 0.6 is 11.6 Å². The van der Waals surface area contributed by atoms with Gasteiger partial charge >= 0.3 is 5.97 Å². The van der Waals surface area contributed by atoms with E-state index in [1.807, 2.05) is 6.07 Å². The van der Waals surface area contributed by atoms with Crippen LogP contribution in [0.25, 0.3) is 0 Å². The van der Waals surface area contributed by atoms with E-state index in [1.165, 1.54) is 24.3 Å². The lowest BCUT2D eigenvalue weighted by Crippen LogP contribution is -2.35. The lowest BCUT2D eigenvalue weighted by Gasteiger charge is -2.15. The number of anilines is 1. The largest absolute Gasteiger partial charge is 0.452 e. The van der Waals surface area contributed by atoms with Gasteiger partial charge in [0.15, 0.2) is 6.61 Å². The minimum absolute atomic E-state index is 0.00339. The summed E-state index contributed by atoms with van der Waals surface area (Å²) in [6, 6.07) is 19.1. The van der Waals surface area contributed by atoms with Gasteiger partial charge in [0.2, 0.25) is 5.91 Å². The molecule has 8 nitrogen and oxygen atoms in total. The first-order chi connectivity index (χ1) is 16.3. The SMILES string of the molecule is O=C(COC(=O)c1ccc2c(c1)C(=O)N(c1ccccc1Cl)C2=O)NC(=O)Cc1ccccc1. The van der Waals surface area contributed by atoms with Gasteiger partial charge in [0.05, 0.1) is 33.8 Å². The number of amides is 4. The Morgan fingerprint density at radius 2 is 1.50 bits per heavy atom. The average molecular weight is 477 g/mol. The van der Waals surface area contributed by atoms with Crippen molar-refractivity contribution in [3.8, 4) is 0 Å². The summed E-state index contributed by atoms with van der Waals surface area (Å²) in [7, 11) is 0. The molecule has 170 valence electrons. The summed E-state index contributed by atoms with van der Waals surface area (Å²) in [5, 5.41) is 2.37. The number of halogens is 1. The monoisotopic (exact) mass is 476 g/mol. The molecule has 34 heavy (non-hydrogen) atoms. The van der Waals surface area contributed by atoms with Crippen molar-refractivity contribution in [1.82, 2.24) is 5.32 Å². The van der Waals surface area contributed by atoms with Crippen LogP contribution in [0.5, 0.6) is 0 Å². The third kappa shape index (κ3) is 4.72. The molecule has 0 radical (unpaired) electrons. The lowest BCUT2D eigenvalue weighted by atomic mass is 10.1. The minimum Gasteiger partial charge on any atom is -0.452 e. The fourth-order valence-corrected chi connectivity index (χ4v) is 3.67. The second-order valence-corrected chi connectivity index (χ2v) is 7.77. The fraction of sp³-hybridized carbons (Fsp3) is 0.0800. The maximum Gasteiger partial charge on any atom is 0.338 e. The Kier molecular flexibility index (Phi) is 6.51. The van der Waals surface area contributed by atoms with Gasteiger partial charge in [-0.25, -0.2) is 9.69 Å². The van der Waals surface area contributed by atoms with Gasteiger partial charge in [-0.2, -0.15) is 0 Å². The molecule has 4 rings (SSSR count). The van der Waals surface area contributed by atoms with Gasteiger partial charge in [-0.15, -0.1) is 0 Å². The Balaban J connectivity index is 1.39. The van der Waals surface area contributed by atoms with Crippen LogP contribution in [-0.4, -0.2) is 36.2 Å². The average Bonchev–Trinajstić information content (AvgIpc) is 3.07. The molecule has 0 aliphatic carbocycles. The zero-order chi connectivity index (χ0) is 24.2. The number of carbonyl (C=O) groups excluding carboxylic acids is 5. The van der Waals surface area contributed by atoms with Gasteiger partial charge in [-0.3, -0.25) is 24.5 Å². The molecular weight excluding hydrogens is 460 g/mol. The molecule has 1 aliphatic rings. The zero-order valence-electron chi connectivity index (χ0n) is 17.6. The molecule has 0 aromatic heterocycles. The molecule has 1 aliphatic heterocycles. The van der Waals surface area contributed by atoms with E-state index in [1.54, 1.807) is 42.5 Å². The highest BCUT2D eigenvalue weighted by molar-refractivity contribution is 6.39. The van der Waals surface area contributed by atoms with Crippen molar-refractivity contribution in [2.75, 3.05) is 11.5 Å². The van der Waals surface area contributed by atoms with E-state index in [0.29, 0.717) is 0 Å². The molecule has 1 N–H and O–H groups in total. The van der Waals surface area contributed by atoms with Gasteiger partial charge < -0.3 is 4.74 Å². The topological polar surface area (TPSA) is 110 Å². The Labute approximate surface area is 199 Å². The van der Waals surface area contributed by atoms with Crippen molar-refractivity contribution >= 4 is 46.9 Å². The molecule has 3 aromatic rings. The number of benzene rings is 3. The summed E-state index contributed by atoms with van der Waals surface area (Å²) >= 11 is 6.13. The number of hydrogen-bond donors (Lipinski definition) is 1. The quantitative estimate of drug-likeness (QED) is 0.432. The number of nitrogens with one attached hydrogen (secondary N) is 1. The second kappa shape index (κ2) is 9.68.